The molecule has 0 spiro atoms. The van der Waals surface area contributed by atoms with Gasteiger partial charge in [0.1, 0.15) is 5.82 Å². The van der Waals surface area contributed by atoms with E-state index in [-0.39, 0.29) is 36.6 Å². The topological polar surface area (TPSA) is 58.6 Å². The highest BCUT2D eigenvalue weighted by Crippen LogP contribution is 2.26. The highest BCUT2D eigenvalue weighted by molar-refractivity contribution is 5.80. The van der Waals surface area contributed by atoms with Crippen molar-refractivity contribution in [2.75, 3.05) is 31.6 Å². The summed E-state index contributed by atoms with van der Waals surface area (Å²) in [5.41, 5.74) is 0.530. The van der Waals surface area contributed by atoms with Crippen molar-refractivity contribution < 1.29 is 18.7 Å². The first-order chi connectivity index (χ1) is 10.1. The van der Waals surface area contributed by atoms with Gasteiger partial charge in [-0.05, 0) is 18.6 Å². The second-order valence-electron chi connectivity index (χ2n) is 5.00. The largest absolute Gasteiger partial charge is 0.469 e. The molecule has 5 nitrogen and oxygen atoms in total. The third kappa shape index (κ3) is 3.93. The van der Waals surface area contributed by atoms with Crippen molar-refractivity contribution in [1.29, 1.82) is 0 Å². The van der Waals surface area contributed by atoms with Crippen LogP contribution in [0.15, 0.2) is 24.3 Å². The Bertz CT molecular complexity index is 521. The van der Waals surface area contributed by atoms with Crippen LogP contribution in [0.4, 0.5) is 10.1 Å². The van der Waals surface area contributed by atoms with Gasteiger partial charge >= 0.3 is 5.97 Å². The number of halogens is 1. The normalized spacial score (nSPS) is 17.6. The van der Waals surface area contributed by atoms with Crippen LogP contribution in [0, 0.1) is 11.7 Å². The van der Waals surface area contributed by atoms with Gasteiger partial charge < -0.3 is 15.0 Å². The van der Waals surface area contributed by atoms with Gasteiger partial charge in [-0.2, -0.15) is 0 Å². The van der Waals surface area contributed by atoms with Crippen molar-refractivity contribution in [3.8, 4) is 0 Å². The minimum Gasteiger partial charge on any atom is -0.469 e. The van der Waals surface area contributed by atoms with Gasteiger partial charge in [0.2, 0.25) is 5.91 Å². The Labute approximate surface area is 123 Å². The van der Waals surface area contributed by atoms with Crippen LogP contribution in [-0.2, 0) is 14.3 Å². The summed E-state index contributed by atoms with van der Waals surface area (Å²) >= 11 is 0. The Kier molecular flexibility index (Phi) is 5.14. The number of benzene rings is 1. The molecule has 0 aliphatic carbocycles. The van der Waals surface area contributed by atoms with E-state index in [1.54, 1.807) is 18.2 Å². The molecule has 1 amide bonds. The van der Waals surface area contributed by atoms with Crippen LogP contribution in [0.2, 0.25) is 0 Å². The molecule has 1 saturated heterocycles. The van der Waals surface area contributed by atoms with Crippen LogP contribution in [0.5, 0.6) is 0 Å². The average Bonchev–Trinajstić information content (AvgIpc) is 2.97. The molecule has 1 N–H and O–H groups in total. The summed E-state index contributed by atoms with van der Waals surface area (Å²) in [6.07, 6.45) is 0.838. The van der Waals surface area contributed by atoms with Crippen molar-refractivity contribution in [3.63, 3.8) is 0 Å². The zero-order valence-corrected chi connectivity index (χ0v) is 12.0. The van der Waals surface area contributed by atoms with Crippen molar-refractivity contribution in [1.82, 2.24) is 5.32 Å². The van der Waals surface area contributed by atoms with Gasteiger partial charge in [-0.15, -0.1) is 0 Å². The van der Waals surface area contributed by atoms with Crippen LogP contribution in [0.3, 0.4) is 0 Å². The fraction of sp³-hybridized carbons (Fsp3) is 0.467. The van der Waals surface area contributed by atoms with Gasteiger partial charge in [0.05, 0.1) is 25.1 Å². The fourth-order valence-corrected chi connectivity index (χ4v) is 2.44. The van der Waals surface area contributed by atoms with Crippen LogP contribution in [-0.4, -0.2) is 38.6 Å². The molecule has 1 aliphatic heterocycles. The number of hydrogen-bond donors (Lipinski definition) is 1. The van der Waals surface area contributed by atoms with E-state index >= 15 is 0 Å². The summed E-state index contributed by atoms with van der Waals surface area (Å²) in [6.45, 7) is 1.41. The molecule has 0 bridgehead atoms. The smallest absolute Gasteiger partial charge is 0.307 e. The Balaban J connectivity index is 1.83. The number of para-hydroxylation sites is 1. The molecule has 6 heteroatoms. The number of carbonyl (C=O) groups is 2. The maximum absolute atomic E-state index is 13.7. The summed E-state index contributed by atoms with van der Waals surface area (Å²) < 4.78 is 18.2. The number of esters is 1. The van der Waals surface area contributed by atoms with Crippen LogP contribution >= 0.6 is 0 Å². The molecule has 2 rings (SSSR count). The number of methoxy groups -OCH3 is 1. The Hall–Kier alpha value is -2.11. The van der Waals surface area contributed by atoms with E-state index in [1.807, 2.05) is 4.90 Å². The molecular weight excluding hydrogens is 275 g/mol. The van der Waals surface area contributed by atoms with E-state index in [9.17, 15) is 14.0 Å². The molecule has 1 aromatic rings. The van der Waals surface area contributed by atoms with E-state index in [0.717, 1.165) is 0 Å². The molecule has 1 unspecified atom stereocenters. The Morgan fingerprint density at radius 3 is 2.90 bits per heavy atom. The number of amides is 1. The number of nitrogens with one attached hydrogen (secondary N) is 1. The molecule has 1 atom stereocenters. The van der Waals surface area contributed by atoms with E-state index in [0.29, 0.717) is 25.2 Å². The molecule has 114 valence electrons. The lowest BCUT2D eigenvalue weighted by atomic mass is 10.1. The second-order valence-corrected chi connectivity index (χ2v) is 5.00. The molecule has 0 saturated carbocycles. The Morgan fingerprint density at radius 2 is 2.19 bits per heavy atom. The molecule has 0 radical (unpaired) electrons. The monoisotopic (exact) mass is 294 g/mol. The van der Waals surface area contributed by atoms with Crippen LogP contribution in [0.1, 0.15) is 12.8 Å². The summed E-state index contributed by atoms with van der Waals surface area (Å²) in [4.78, 5) is 24.8. The van der Waals surface area contributed by atoms with Gasteiger partial charge in [-0.25, -0.2) is 4.39 Å². The predicted octanol–water partition coefficient (Wildman–Crippen LogP) is 1.33. The van der Waals surface area contributed by atoms with Crippen molar-refractivity contribution in [2.45, 2.75) is 12.8 Å². The summed E-state index contributed by atoms with van der Waals surface area (Å²) in [5.74, 6) is -0.904. The third-order valence-electron chi connectivity index (χ3n) is 3.61. The number of ether oxygens (including phenoxy) is 1. The molecule has 1 aromatic carbocycles. The fourth-order valence-electron chi connectivity index (χ4n) is 2.44. The maximum Gasteiger partial charge on any atom is 0.307 e. The minimum atomic E-state index is -0.352. The summed E-state index contributed by atoms with van der Waals surface area (Å²) in [5, 5.41) is 2.72. The number of hydrogen-bond acceptors (Lipinski definition) is 4. The van der Waals surface area contributed by atoms with Crippen molar-refractivity contribution >= 4 is 17.6 Å². The van der Waals surface area contributed by atoms with Gasteiger partial charge in [0.25, 0.3) is 0 Å². The predicted molar refractivity (Wildman–Crippen MR) is 76.4 cm³/mol. The highest BCUT2D eigenvalue weighted by atomic mass is 19.1. The van der Waals surface area contributed by atoms with Gasteiger partial charge in [-0.1, -0.05) is 12.1 Å². The average molecular weight is 294 g/mol. The summed E-state index contributed by atoms with van der Waals surface area (Å²) in [6, 6.07) is 6.56. The van der Waals surface area contributed by atoms with Crippen molar-refractivity contribution in [3.05, 3.63) is 30.1 Å². The number of nitrogens with zero attached hydrogens (tertiary/aromatic N) is 1. The SMILES string of the molecule is COC(=O)CCNC(=O)C1CCN(c2ccccc2F)C1. The van der Waals surface area contributed by atoms with Gasteiger partial charge in [0.15, 0.2) is 0 Å². The standard InChI is InChI=1S/C15H19FN2O3/c1-21-14(19)6-8-17-15(20)11-7-9-18(10-11)13-5-3-2-4-12(13)16/h2-5,11H,6-10H2,1H3,(H,17,20). The van der Waals surface area contributed by atoms with Gasteiger partial charge in [-0.3, -0.25) is 9.59 Å². The number of anilines is 1. The lowest BCUT2D eigenvalue weighted by Crippen LogP contribution is -2.34. The molecule has 1 fully saturated rings. The third-order valence-corrected chi connectivity index (χ3v) is 3.61. The molecule has 0 aromatic heterocycles. The minimum absolute atomic E-state index is 0.0993. The zero-order chi connectivity index (χ0) is 15.2. The lowest BCUT2D eigenvalue weighted by molar-refractivity contribution is -0.140. The van der Waals surface area contributed by atoms with Crippen LogP contribution < -0.4 is 10.2 Å². The lowest BCUT2D eigenvalue weighted by Gasteiger charge is -2.19. The van der Waals surface area contributed by atoms with Crippen molar-refractivity contribution in [2.24, 2.45) is 5.92 Å². The first-order valence-electron chi connectivity index (χ1n) is 6.96. The maximum atomic E-state index is 13.7. The quantitative estimate of drug-likeness (QED) is 0.832. The first kappa shape index (κ1) is 15.3. The summed E-state index contributed by atoms with van der Waals surface area (Å²) in [7, 11) is 1.31. The Morgan fingerprint density at radius 1 is 1.43 bits per heavy atom. The van der Waals surface area contributed by atoms with Gasteiger partial charge in [0, 0.05) is 19.6 Å². The molecular formula is C15H19FN2O3. The number of rotatable bonds is 5. The van der Waals surface area contributed by atoms with E-state index < -0.39 is 0 Å². The molecule has 1 heterocycles. The molecule has 1 aliphatic rings. The van der Waals surface area contributed by atoms with E-state index in [1.165, 1.54) is 13.2 Å². The first-order valence-corrected chi connectivity index (χ1v) is 6.96. The number of carbonyl (C=O) groups excluding carboxylic acids is 2. The van der Waals surface area contributed by atoms with E-state index in [2.05, 4.69) is 10.1 Å². The highest BCUT2D eigenvalue weighted by Gasteiger charge is 2.29. The van der Waals surface area contributed by atoms with E-state index in [4.69, 9.17) is 0 Å². The molecule has 21 heavy (non-hydrogen) atoms. The second kappa shape index (κ2) is 7.06. The zero-order valence-electron chi connectivity index (χ0n) is 12.0. The van der Waals surface area contributed by atoms with Crippen LogP contribution in [0.25, 0.3) is 0 Å².